The van der Waals surface area contributed by atoms with E-state index >= 15 is 0 Å². The van der Waals surface area contributed by atoms with Crippen LogP contribution in [0.1, 0.15) is 17.0 Å². The van der Waals surface area contributed by atoms with E-state index < -0.39 is 0 Å². The van der Waals surface area contributed by atoms with Gasteiger partial charge in [0.1, 0.15) is 0 Å². The van der Waals surface area contributed by atoms with Crippen molar-refractivity contribution in [2.24, 2.45) is 0 Å². The number of hydrogen-bond acceptors (Lipinski definition) is 3. The Morgan fingerprint density at radius 2 is 2.26 bits per heavy atom. The number of aromatic nitrogens is 2. The summed E-state index contributed by atoms with van der Waals surface area (Å²) in [5, 5.41) is 5.55. The zero-order valence-corrected chi connectivity index (χ0v) is 13.0. The van der Waals surface area contributed by atoms with E-state index in [1.165, 1.54) is 11.3 Å². The van der Waals surface area contributed by atoms with Crippen molar-refractivity contribution in [1.82, 2.24) is 14.7 Å². The van der Waals surface area contributed by atoms with Crippen LogP contribution in [-0.2, 0) is 13.1 Å². The normalized spacial score (nSPS) is 11.3. The zero-order chi connectivity index (χ0) is 13.2. The molecule has 0 atom stereocenters. The van der Waals surface area contributed by atoms with Gasteiger partial charge in [0.25, 0.3) is 0 Å². The van der Waals surface area contributed by atoms with Gasteiger partial charge in [-0.25, -0.2) is 4.98 Å². The Morgan fingerprint density at radius 3 is 3.11 bits per heavy atom. The quantitative estimate of drug-likeness (QED) is 0.786. The van der Waals surface area contributed by atoms with E-state index in [2.05, 4.69) is 67.3 Å². The highest BCUT2D eigenvalue weighted by Crippen LogP contribution is 2.17. The lowest BCUT2D eigenvalue weighted by atomic mass is 10.2. The third-order valence-corrected chi connectivity index (χ3v) is 4.32. The van der Waals surface area contributed by atoms with Crippen LogP contribution in [0.4, 0.5) is 0 Å². The number of aryl methyl sites for hydroxylation is 1. The topological polar surface area (TPSA) is 29.3 Å². The van der Waals surface area contributed by atoms with Crippen LogP contribution >= 0.6 is 27.3 Å². The molecule has 5 heteroatoms. The lowest BCUT2D eigenvalue weighted by Crippen LogP contribution is -2.14. The van der Waals surface area contributed by atoms with Gasteiger partial charge < -0.3 is 5.32 Å². The standard InChI is InChI=1S/C14H14BrN3S/c1-10-13(18-5-6-19-14(18)17-10)9-16-8-11-3-2-4-12(15)7-11/h2-7,16H,8-9H2,1H3. The molecular formula is C14H14BrN3S. The molecule has 0 aliphatic heterocycles. The van der Waals surface area contributed by atoms with Crippen molar-refractivity contribution >= 4 is 32.2 Å². The molecule has 0 aliphatic carbocycles. The molecule has 0 unspecified atom stereocenters. The zero-order valence-electron chi connectivity index (χ0n) is 10.6. The maximum absolute atomic E-state index is 4.55. The van der Waals surface area contributed by atoms with Crippen molar-refractivity contribution in [3.05, 3.63) is 57.3 Å². The average Bonchev–Trinajstić information content (AvgIpc) is 2.92. The highest BCUT2D eigenvalue weighted by molar-refractivity contribution is 9.10. The minimum atomic E-state index is 0.830. The van der Waals surface area contributed by atoms with Crippen molar-refractivity contribution in [3.63, 3.8) is 0 Å². The number of imidazole rings is 1. The number of nitrogens with one attached hydrogen (secondary N) is 1. The van der Waals surface area contributed by atoms with Crippen LogP contribution in [0, 0.1) is 6.92 Å². The van der Waals surface area contributed by atoms with Gasteiger partial charge in [-0.1, -0.05) is 28.1 Å². The van der Waals surface area contributed by atoms with Crippen molar-refractivity contribution in [2.45, 2.75) is 20.0 Å². The van der Waals surface area contributed by atoms with Gasteiger partial charge in [-0.2, -0.15) is 0 Å². The van der Waals surface area contributed by atoms with Crippen LogP contribution in [0.25, 0.3) is 4.96 Å². The molecule has 0 saturated heterocycles. The molecule has 2 heterocycles. The summed E-state index contributed by atoms with van der Waals surface area (Å²) in [5.74, 6) is 0. The molecule has 3 nitrogen and oxygen atoms in total. The van der Waals surface area contributed by atoms with E-state index in [0.29, 0.717) is 0 Å². The number of rotatable bonds is 4. The average molecular weight is 336 g/mol. The van der Waals surface area contributed by atoms with Crippen molar-refractivity contribution in [1.29, 1.82) is 0 Å². The number of thiazole rings is 1. The molecule has 0 fully saturated rings. The van der Waals surface area contributed by atoms with Gasteiger partial charge in [0.05, 0.1) is 11.4 Å². The molecule has 0 radical (unpaired) electrons. The molecule has 0 bridgehead atoms. The number of nitrogens with zero attached hydrogens (tertiary/aromatic N) is 2. The lowest BCUT2D eigenvalue weighted by Gasteiger charge is -2.05. The Morgan fingerprint density at radius 1 is 1.37 bits per heavy atom. The molecule has 98 valence electrons. The number of benzene rings is 1. The maximum atomic E-state index is 4.55. The van der Waals surface area contributed by atoms with Gasteiger partial charge in [0.15, 0.2) is 4.96 Å². The summed E-state index contributed by atoms with van der Waals surface area (Å²) in [6.07, 6.45) is 2.08. The first-order chi connectivity index (χ1) is 9.24. The second kappa shape index (κ2) is 5.45. The number of halogens is 1. The molecule has 19 heavy (non-hydrogen) atoms. The summed E-state index contributed by atoms with van der Waals surface area (Å²) in [6.45, 7) is 3.75. The van der Waals surface area contributed by atoms with Gasteiger partial charge in [0, 0.05) is 29.1 Å². The van der Waals surface area contributed by atoms with Crippen molar-refractivity contribution < 1.29 is 0 Å². The fourth-order valence-corrected chi connectivity index (χ4v) is 3.35. The predicted octanol–water partition coefficient (Wildman–Crippen LogP) is 3.76. The second-order valence-electron chi connectivity index (χ2n) is 4.43. The first kappa shape index (κ1) is 12.8. The Balaban J connectivity index is 1.69. The van der Waals surface area contributed by atoms with Gasteiger partial charge in [-0.3, -0.25) is 4.40 Å². The second-order valence-corrected chi connectivity index (χ2v) is 6.22. The van der Waals surface area contributed by atoms with Crippen molar-refractivity contribution in [2.75, 3.05) is 0 Å². The van der Waals surface area contributed by atoms with Crippen LogP contribution in [0.3, 0.4) is 0 Å². The van der Waals surface area contributed by atoms with Crippen LogP contribution in [-0.4, -0.2) is 9.38 Å². The third kappa shape index (κ3) is 2.73. The van der Waals surface area contributed by atoms with E-state index in [1.807, 2.05) is 6.07 Å². The molecule has 3 aromatic rings. The minimum Gasteiger partial charge on any atom is -0.307 e. The molecular weight excluding hydrogens is 322 g/mol. The van der Waals surface area contributed by atoms with E-state index in [-0.39, 0.29) is 0 Å². The van der Waals surface area contributed by atoms with Gasteiger partial charge >= 0.3 is 0 Å². The summed E-state index contributed by atoms with van der Waals surface area (Å²) in [7, 11) is 0. The number of hydrogen-bond donors (Lipinski definition) is 1. The van der Waals surface area contributed by atoms with Crippen LogP contribution in [0.15, 0.2) is 40.3 Å². The molecule has 0 spiro atoms. The molecule has 3 rings (SSSR count). The first-order valence-electron chi connectivity index (χ1n) is 6.10. The van der Waals surface area contributed by atoms with Crippen LogP contribution in [0.5, 0.6) is 0 Å². The smallest absolute Gasteiger partial charge is 0.194 e. The summed E-state index contributed by atoms with van der Waals surface area (Å²) in [5.41, 5.74) is 3.62. The van der Waals surface area contributed by atoms with Crippen LogP contribution in [0.2, 0.25) is 0 Å². The van der Waals surface area contributed by atoms with E-state index in [9.17, 15) is 0 Å². The van der Waals surface area contributed by atoms with Gasteiger partial charge in [-0.05, 0) is 24.6 Å². The Kier molecular flexibility index (Phi) is 3.68. The highest BCUT2D eigenvalue weighted by atomic mass is 79.9. The van der Waals surface area contributed by atoms with Crippen molar-refractivity contribution in [3.8, 4) is 0 Å². The fraction of sp³-hybridized carbons (Fsp3) is 0.214. The maximum Gasteiger partial charge on any atom is 0.194 e. The fourth-order valence-electron chi connectivity index (χ4n) is 2.13. The van der Waals surface area contributed by atoms with Gasteiger partial charge in [0.2, 0.25) is 0 Å². The molecule has 0 saturated carbocycles. The third-order valence-electron chi connectivity index (χ3n) is 3.07. The minimum absolute atomic E-state index is 0.830. The molecule has 2 aromatic heterocycles. The summed E-state index contributed by atoms with van der Waals surface area (Å²) >= 11 is 5.16. The van der Waals surface area contributed by atoms with E-state index in [4.69, 9.17) is 0 Å². The van der Waals surface area contributed by atoms with Gasteiger partial charge in [-0.15, -0.1) is 11.3 Å². The predicted molar refractivity (Wildman–Crippen MR) is 82.5 cm³/mol. The summed E-state index contributed by atoms with van der Waals surface area (Å²) in [6, 6.07) is 8.36. The van der Waals surface area contributed by atoms with E-state index in [1.54, 1.807) is 11.3 Å². The highest BCUT2D eigenvalue weighted by Gasteiger charge is 2.08. The number of fused-ring (bicyclic) bond motifs is 1. The van der Waals surface area contributed by atoms with E-state index in [0.717, 1.165) is 28.2 Å². The molecule has 0 aliphatic rings. The van der Waals surface area contributed by atoms with Crippen LogP contribution < -0.4 is 5.32 Å². The Hall–Kier alpha value is -1.17. The SMILES string of the molecule is Cc1nc2sccn2c1CNCc1cccc(Br)c1. The Labute approximate surface area is 124 Å². The lowest BCUT2D eigenvalue weighted by molar-refractivity contribution is 0.672. The summed E-state index contributed by atoms with van der Waals surface area (Å²) in [4.78, 5) is 5.61. The Bertz CT molecular complexity index is 702. The first-order valence-corrected chi connectivity index (χ1v) is 7.77. The largest absolute Gasteiger partial charge is 0.307 e. The molecule has 0 amide bonds. The molecule has 1 N–H and O–H groups in total. The summed E-state index contributed by atoms with van der Waals surface area (Å²) < 4.78 is 3.28. The molecule has 1 aromatic carbocycles. The monoisotopic (exact) mass is 335 g/mol.